The minimum Gasteiger partial charge on any atom is -0.453 e. The van der Waals surface area contributed by atoms with Gasteiger partial charge in [-0.3, -0.25) is 4.79 Å². The number of benzene rings is 4. The SMILES string of the molecule is COC(=O)NC(C(=O)N1CCC[C@H]1c1ncc(-c2ccc(-c3ccc4ncnc(Nc5ccc(N6CCOCC6)cc5)c4c3)cc2)[nH]1)c1ccccc1. The van der Waals surface area contributed by atoms with Crippen LogP contribution in [0.4, 0.5) is 22.0 Å². The number of carbonyl (C=O) groups is 2. The number of H-pyrrole nitrogens is 1. The largest absolute Gasteiger partial charge is 0.453 e. The van der Waals surface area contributed by atoms with Crippen LogP contribution in [0, 0.1) is 0 Å². The number of hydrogen-bond donors (Lipinski definition) is 3. The summed E-state index contributed by atoms with van der Waals surface area (Å²) < 4.78 is 10.3. The second kappa shape index (κ2) is 15.1. The Labute approximate surface area is 307 Å². The molecule has 2 atom stereocenters. The summed E-state index contributed by atoms with van der Waals surface area (Å²) in [7, 11) is 1.29. The maximum atomic E-state index is 13.9. The Morgan fingerprint density at radius 3 is 2.40 bits per heavy atom. The highest BCUT2D eigenvalue weighted by Crippen LogP contribution is 2.35. The van der Waals surface area contributed by atoms with E-state index in [1.165, 1.54) is 12.8 Å². The average molecular weight is 709 g/mol. The number of aromatic amines is 1. The Hall–Kier alpha value is -6.27. The van der Waals surface area contributed by atoms with E-state index in [1.54, 1.807) is 11.2 Å². The second-order valence-electron chi connectivity index (χ2n) is 13.2. The van der Waals surface area contributed by atoms with Gasteiger partial charge in [0.1, 0.15) is 24.0 Å². The van der Waals surface area contributed by atoms with Gasteiger partial charge in [0.05, 0.1) is 43.8 Å². The molecule has 0 bridgehead atoms. The minimum atomic E-state index is -0.869. The zero-order valence-electron chi connectivity index (χ0n) is 29.4. The predicted octanol–water partition coefficient (Wildman–Crippen LogP) is 7.03. The van der Waals surface area contributed by atoms with E-state index in [9.17, 15) is 9.59 Å². The van der Waals surface area contributed by atoms with E-state index >= 15 is 0 Å². The first-order valence-corrected chi connectivity index (χ1v) is 17.8. The molecule has 0 saturated carbocycles. The number of anilines is 3. The molecule has 4 heterocycles. The molecule has 2 saturated heterocycles. The second-order valence-corrected chi connectivity index (χ2v) is 13.2. The van der Waals surface area contributed by atoms with Gasteiger partial charge >= 0.3 is 6.09 Å². The van der Waals surface area contributed by atoms with E-state index in [0.29, 0.717) is 17.9 Å². The number of nitrogens with one attached hydrogen (secondary N) is 3. The van der Waals surface area contributed by atoms with Crippen LogP contribution < -0.4 is 15.5 Å². The first-order chi connectivity index (χ1) is 26.0. The van der Waals surface area contributed by atoms with E-state index < -0.39 is 12.1 Å². The van der Waals surface area contributed by atoms with Gasteiger partial charge in [-0.25, -0.2) is 19.7 Å². The number of likely N-dealkylation sites (tertiary alicyclic amines) is 1. The number of imidazole rings is 1. The molecule has 2 aliphatic rings. The Bertz CT molecular complexity index is 2200. The van der Waals surface area contributed by atoms with Crippen molar-refractivity contribution in [2.75, 3.05) is 50.2 Å². The standard InChI is InChI=1S/C41H40N8O4/c1-52-41(51)47-37(29-6-3-2-4-7-29)40(50)49-19-5-8-36(49)39-42-25-35(46-39)28-11-9-27(10-12-28)30-13-18-34-33(24-30)38(44-26-43-34)45-31-14-16-32(17-15-31)48-20-22-53-23-21-48/h2-4,6-7,9-18,24-26,36-37H,5,8,19-23H2,1H3,(H,42,46)(H,47,51)(H,43,44,45)/t36-,37?/m0/s1. The number of alkyl carbamates (subject to hydrolysis) is 1. The van der Waals surface area contributed by atoms with Crippen LogP contribution in [0.5, 0.6) is 0 Å². The van der Waals surface area contributed by atoms with Crippen molar-refractivity contribution < 1.29 is 19.1 Å². The lowest BCUT2D eigenvalue weighted by atomic mass is 10.0. The molecule has 12 heteroatoms. The summed E-state index contributed by atoms with van der Waals surface area (Å²) in [6, 6.07) is 31.0. The van der Waals surface area contributed by atoms with Gasteiger partial charge in [-0.15, -0.1) is 0 Å². The number of rotatable bonds is 9. The third-order valence-electron chi connectivity index (χ3n) is 9.95. The van der Waals surface area contributed by atoms with Crippen molar-refractivity contribution in [1.29, 1.82) is 0 Å². The number of hydrogen-bond acceptors (Lipinski definition) is 9. The van der Waals surface area contributed by atoms with Gasteiger partial charge in [-0.05, 0) is 71.5 Å². The Morgan fingerprint density at radius 1 is 0.868 bits per heavy atom. The monoisotopic (exact) mass is 708 g/mol. The topological polar surface area (TPSA) is 138 Å². The van der Waals surface area contributed by atoms with Crippen LogP contribution in [0.15, 0.2) is 110 Å². The van der Waals surface area contributed by atoms with Gasteiger partial charge in [-0.2, -0.15) is 0 Å². The van der Waals surface area contributed by atoms with Gasteiger partial charge < -0.3 is 34.9 Å². The van der Waals surface area contributed by atoms with Crippen molar-refractivity contribution >= 4 is 40.1 Å². The summed E-state index contributed by atoms with van der Waals surface area (Å²) in [5, 5.41) is 7.14. The predicted molar refractivity (Wildman–Crippen MR) is 204 cm³/mol. The Kier molecular flexibility index (Phi) is 9.67. The number of carbonyl (C=O) groups excluding carboxylic acids is 2. The van der Waals surface area contributed by atoms with E-state index in [0.717, 1.165) is 83.9 Å². The smallest absolute Gasteiger partial charge is 0.407 e. The van der Waals surface area contributed by atoms with E-state index in [1.807, 2.05) is 42.6 Å². The zero-order chi connectivity index (χ0) is 36.1. The summed E-state index contributed by atoms with van der Waals surface area (Å²) in [6.07, 6.45) is 4.33. The lowest BCUT2D eigenvalue weighted by molar-refractivity contribution is -0.134. The molecule has 1 unspecified atom stereocenters. The summed E-state index contributed by atoms with van der Waals surface area (Å²) in [4.78, 5) is 47.5. The molecule has 0 aliphatic carbocycles. The minimum absolute atomic E-state index is 0.202. The van der Waals surface area contributed by atoms with Crippen molar-refractivity contribution in [2.24, 2.45) is 0 Å². The summed E-state index contributed by atoms with van der Waals surface area (Å²) in [5.41, 5.74) is 7.61. The third kappa shape index (κ3) is 7.26. The highest BCUT2D eigenvalue weighted by atomic mass is 16.5. The molecule has 53 heavy (non-hydrogen) atoms. The molecule has 2 fully saturated rings. The van der Waals surface area contributed by atoms with E-state index in [4.69, 9.17) is 14.5 Å². The third-order valence-corrected chi connectivity index (χ3v) is 9.95. The average Bonchev–Trinajstić information content (AvgIpc) is 3.92. The molecule has 4 aromatic carbocycles. The Balaban J connectivity index is 0.981. The fraction of sp³-hybridized carbons (Fsp3) is 0.244. The first-order valence-electron chi connectivity index (χ1n) is 17.8. The first kappa shape index (κ1) is 33.9. The molecule has 0 spiro atoms. The molecule has 0 radical (unpaired) electrons. The van der Waals surface area contributed by atoms with Gasteiger partial charge in [-0.1, -0.05) is 60.7 Å². The van der Waals surface area contributed by atoms with Crippen LogP contribution in [0.25, 0.3) is 33.3 Å². The molecule has 8 rings (SSSR count). The van der Waals surface area contributed by atoms with Crippen molar-refractivity contribution in [2.45, 2.75) is 24.9 Å². The van der Waals surface area contributed by atoms with Crippen molar-refractivity contribution in [3.8, 4) is 22.4 Å². The van der Waals surface area contributed by atoms with Gasteiger partial charge in [0.25, 0.3) is 5.91 Å². The van der Waals surface area contributed by atoms with Gasteiger partial charge in [0, 0.05) is 36.4 Å². The van der Waals surface area contributed by atoms with Crippen molar-refractivity contribution in [3.63, 3.8) is 0 Å². The number of ether oxygens (including phenoxy) is 2. The molecule has 3 N–H and O–H groups in total. The quantitative estimate of drug-likeness (QED) is 0.145. The molecule has 2 amide bonds. The fourth-order valence-corrected chi connectivity index (χ4v) is 7.14. The normalized spacial score (nSPS) is 16.4. The number of amides is 2. The number of fused-ring (bicyclic) bond motifs is 1. The zero-order valence-corrected chi connectivity index (χ0v) is 29.4. The lowest BCUT2D eigenvalue weighted by Crippen LogP contribution is -2.42. The molecular formula is C41H40N8O4. The Morgan fingerprint density at radius 2 is 1.62 bits per heavy atom. The van der Waals surface area contributed by atoms with Crippen LogP contribution in [0.1, 0.15) is 36.3 Å². The molecule has 2 aromatic heterocycles. The number of nitrogens with zero attached hydrogens (tertiary/aromatic N) is 5. The highest BCUT2D eigenvalue weighted by Gasteiger charge is 2.37. The van der Waals surface area contributed by atoms with Crippen molar-refractivity contribution in [1.82, 2.24) is 30.2 Å². The maximum Gasteiger partial charge on any atom is 0.407 e. The van der Waals surface area contributed by atoms with E-state index in [-0.39, 0.29) is 11.9 Å². The van der Waals surface area contributed by atoms with Crippen LogP contribution in [-0.2, 0) is 14.3 Å². The van der Waals surface area contributed by atoms with Crippen molar-refractivity contribution in [3.05, 3.63) is 121 Å². The number of morpholine rings is 1. The number of aromatic nitrogens is 4. The lowest BCUT2D eigenvalue weighted by Gasteiger charge is -2.28. The molecular weight excluding hydrogens is 669 g/mol. The number of methoxy groups -OCH3 is 1. The van der Waals surface area contributed by atoms with Crippen LogP contribution in [0.2, 0.25) is 0 Å². The summed E-state index contributed by atoms with van der Waals surface area (Å²) >= 11 is 0. The summed E-state index contributed by atoms with van der Waals surface area (Å²) in [6.45, 7) is 3.86. The molecule has 2 aliphatic heterocycles. The van der Waals surface area contributed by atoms with Crippen LogP contribution in [0.3, 0.4) is 0 Å². The molecule has 12 nitrogen and oxygen atoms in total. The van der Waals surface area contributed by atoms with Crippen LogP contribution in [-0.4, -0.2) is 76.8 Å². The van der Waals surface area contributed by atoms with Crippen LogP contribution >= 0.6 is 0 Å². The fourth-order valence-electron chi connectivity index (χ4n) is 7.14. The molecule has 268 valence electrons. The highest BCUT2D eigenvalue weighted by molar-refractivity contribution is 5.94. The van der Waals surface area contributed by atoms with E-state index in [2.05, 4.69) is 91.1 Å². The maximum absolute atomic E-state index is 13.9. The van der Waals surface area contributed by atoms with Gasteiger partial charge in [0.15, 0.2) is 0 Å². The molecule has 6 aromatic rings. The summed E-state index contributed by atoms with van der Waals surface area (Å²) in [5.74, 6) is 1.26. The van der Waals surface area contributed by atoms with Gasteiger partial charge in [0.2, 0.25) is 0 Å².